The number of benzene rings is 1. The van der Waals surface area contributed by atoms with E-state index < -0.39 is 54.6 Å². The van der Waals surface area contributed by atoms with E-state index in [-0.39, 0.29) is 119 Å². The number of nitrogens with one attached hydrogen (secondary N) is 4. The van der Waals surface area contributed by atoms with Gasteiger partial charge >= 0.3 is 17.9 Å². The molecule has 0 unspecified atom stereocenters. The summed E-state index contributed by atoms with van der Waals surface area (Å²) in [5, 5.41) is 32.2. The number of carboxylic acids is 3. The van der Waals surface area contributed by atoms with E-state index in [2.05, 4.69) is 25.6 Å². The molecule has 215 valence electrons. The van der Waals surface area contributed by atoms with Gasteiger partial charge in [-0.25, -0.2) is 9.59 Å². The molecule has 0 aliphatic heterocycles. The maximum absolute atomic E-state index is 12.6. The van der Waals surface area contributed by atoms with E-state index in [1.165, 1.54) is 12.1 Å². The van der Waals surface area contributed by atoms with Crippen LogP contribution in [-0.2, 0) is 32.0 Å². The van der Waals surface area contributed by atoms with Gasteiger partial charge in [0.15, 0.2) is 0 Å². The molecule has 15 nitrogen and oxygen atoms in total. The number of aryl methyl sites for hydroxylation is 2. The number of aromatic amines is 2. The van der Waals surface area contributed by atoms with E-state index in [1.807, 2.05) is 0 Å². The molecule has 0 bridgehead atoms. The topological polar surface area (TPSA) is 258 Å². The SMILES string of the molecule is Nc1nc2[nH]cc(CCc3ccc(C(=O)N[C@@H](CCC(=O)N[C@@H](CCC(=O)O)C(=O)O)C(=O)O)cc3)c2c(=O)[nH]1.[Na].[Na].[Na]. The minimum atomic E-state index is -1.44. The molecule has 2 atom stereocenters. The summed E-state index contributed by atoms with van der Waals surface area (Å²) < 4.78 is 0. The summed E-state index contributed by atoms with van der Waals surface area (Å²) in [7, 11) is 0. The van der Waals surface area contributed by atoms with Crippen LogP contribution in [0.15, 0.2) is 35.3 Å². The fourth-order valence-electron chi connectivity index (χ4n) is 3.99. The van der Waals surface area contributed by atoms with E-state index in [0.29, 0.717) is 23.9 Å². The molecule has 2 aromatic heterocycles. The number of nitrogen functional groups attached to an aromatic ring is 1. The van der Waals surface area contributed by atoms with Crippen LogP contribution in [0.3, 0.4) is 0 Å². The van der Waals surface area contributed by atoms with Crippen LogP contribution < -0.4 is 21.9 Å². The standard InChI is InChI=1S/C25H28N6O9.3Na/c26-25-30-20-19(22(36)31-25)14(11-27-20)6-3-12-1-4-13(5-2-12)21(35)29-16(24(39)40)7-9-17(32)28-15(23(37)38)8-10-18(33)34;;;/h1-2,4-5,11,15-16H,3,6-10H2,(H,28,32)(H,29,35)(H,33,34)(H,37,38)(H,39,40)(H4,26,27,30,31,36);;;/t15-,16-;;;/m0.../s1. The normalized spacial score (nSPS) is 11.5. The molecule has 2 heterocycles. The van der Waals surface area contributed by atoms with E-state index >= 15 is 0 Å². The number of fused-ring (bicyclic) bond motifs is 1. The predicted octanol–water partition coefficient (Wildman–Crippen LogP) is -1.13. The molecule has 3 radical (unpaired) electrons. The fourth-order valence-corrected chi connectivity index (χ4v) is 3.99. The summed E-state index contributed by atoms with van der Waals surface area (Å²) in [5.41, 5.74) is 7.37. The number of amides is 2. The number of aromatic nitrogens is 3. The third-order valence-electron chi connectivity index (χ3n) is 6.08. The molecule has 2 amide bonds. The Hall–Kier alpha value is -2.21. The number of H-pyrrole nitrogens is 2. The smallest absolute Gasteiger partial charge is 0.326 e. The second-order valence-electron chi connectivity index (χ2n) is 8.98. The largest absolute Gasteiger partial charge is 0.481 e. The van der Waals surface area contributed by atoms with Crippen molar-refractivity contribution >= 4 is 135 Å². The number of carboxylic acid groups (broad SMARTS) is 3. The molecule has 1 aromatic carbocycles. The molecule has 0 spiro atoms. The van der Waals surface area contributed by atoms with Crippen molar-refractivity contribution in [3.8, 4) is 0 Å². The number of nitrogens with zero attached hydrogens (tertiary/aromatic N) is 1. The van der Waals surface area contributed by atoms with E-state index in [4.69, 9.17) is 15.9 Å². The number of carbonyl (C=O) groups excluding carboxylic acids is 2. The van der Waals surface area contributed by atoms with Crippen molar-refractivity contribution in [1.82, 2.24) is 25.6 Å². The number of aliphatic carboxylic acids is 3. The van der Waals surface area contributed by atoms with Gasteiger partial charge in [0.05, 0.1) is 5.39 Å². The van der Waals surface area contributed by atoms with Crippen LogP contribution in [0.2, 0.25) is 0 Å². The van der Waals surface area contributed by atoms with Gasteiger partial charge in [0.1, 0.15) is 17.7 Å². The molecule has 0 aliphatic carbocycles. The molecule has 3 rings (SSSR count). The van der Waals surface area contributed by atoms with Crippen molar-refractivity contribution in [2.24, 2.45) is 0 Å². The zero-order chi connectivity index (χ0) is 29.4. The van der Waals surface area contributed by atoms with Crippen molar-refractivity contribution in [3.05, 3.63) is 57.5 Å². The first-order valence-electron chi connectivity index (χ1n) is 12.2. The van der Waals surface area contributed by atoms with Gasteiger partial charge in [-0.1, -0.05) is 12.1 Å². The van der Waals surface area contributed by atoms with E-state index in [9.17, 15) is 33.9 Å². The summed E-state index contributed by atoms with van der Waals surface area (Å²) >= 11 is 0. The first kappa shape index (κ1) is 40.8. The molecule has 0 saturated heterocycles. The Bertz CT molecular complexity index is 1490. The summed E-state index contributed by atoms with van der Waals surface area (Å²) in [4.78, 5) is 79.9. The minimum Gasteiger partial charge on any atom is -0.481 e. The van der Waals surface area contributed by atoms with E-state index in [1.54, 1.807) is 18.3 Å². The molecule has 0 saturated carbocycles. The molecule has 9 N–H and O–H groups in total. The molecule has 0 fully saturated rings. The number of anilines is 1. The number of hydrogen-bond donors (Lipinski definition) is 8. The molecule has 18 heteroatoms. The Morgan fingerprint density at radius 3 is 2.02 bits per heavy atom. The van der Waals surface area contributed by atoms with Crippen molar-refractivity contribution in [2.45, 2.75) is 50.6 Å². The Balaban J connectivity index is 0.00000588. The maximum Gasteiger partial charge on any atom is 0.326 e. The van der Waals surface area contributed by atoms with Gasteiger partial charge in [-0.15, -0.1) is 0 Å². The predicted molar refractivity (Wildman–Crippen MR) is 157 cm³/mol. The number of carbonyl (C=O) groups is 5. The summed E-state index contributed by atoms with van der Waals surface area (Å²) in [6.07, 6.45) is 1.18. The monoisotopic (exact) mass is 625 g/mol. The average Bonchev–Trinajstić information content (AvgIpc) is 3.30. The Morgan fingerprint density at radius 2 is 1.44 bits per heavy atom. The van der Waals surface area contributed by atoms with Crippen LogP contribution in [0.25, 0.3) is 11.0 Å². The van der Waals surface area contributed by atoms with Gasteiger partial charge < -0.3 is 36.7 Å². The van der Waals surface area contributed by atoms with Crippen molar-refractivity contribution in [3.63, 3.8) is 0 Å². The third kappa shape index (κ3) is 12.4. The first-order valence-corrected chi connectivity index (χ1v) is 12.2. The van der Waals surface area contributed by atoms with Crippen molar-refractivity contribution < 1.29 is 39.3 Å². The van der Waals surface area contributed by atoms with Gasteiger partial charge in [-0.3, -0.25) is 24.2 Å². The van der Waals surface area contributed by atoms with Crippen LogP contribution >= 0.6 is 0 Å². The minimum absolute atomic E-state index is 0. The summed E-state index contributed by atoms with van der Waals surface area (Å²) in [6, 6.07) is 3.55. The van der Waals surface area contributed by atoms with Gasteiger partial charge in [0, 0.05) is 113 Å². The van der Waals surface area contributed by atoms with Crippen LogP contribution in [0.1, 0.15) is 47.2 Å². The van der Waals surface area contributed by atoms with Gasteiger partial charge in [0.25, 0.3) is 11.5 Å². The molecular weight excluding hydrogens is 597 g/mol. The van der Waals surface area contributed by atoms with E-state index in [0.717, 1.165) is 11.1 Å². The van der Waals surface area contributed by atoms with Crippen LogP contribution in [-0.4, -0.2) is 161 Å². The van der Waals surface area contributed by atoms with Crippen molar-refractivity contribution in [1.29, 1.82) is 0 Å². The maximum atomic E-state index is 12.6. The molecule has 0 aliphatic rings. The van der Waals surface area contributed by atoms with Crippen molar-refractivity contribution in [2.75, 3.05) is 5.73 Å². The Morgan fingerprint density at radius 1 is 0.860 bits per heavy atom. The van der Waals surface area contributed by atoms with Gasteiger partial charge in [-0.05, 0) is 48.9 Å². The molecule has 43 heavy (non-hydrogen) atoms. The first-order chi connectivity index (χ1) is 18.9. The zero-order valence-electron chi connectivity index (χ0n) is 24.1. The van der Waals surface area contributed by atoms with Gasteiger partial charge in [0.2, 0.25) is 11.9 Å². The average molecular weight is 626 g/mol. The Kier molecular flexibility index (Phi) is 18.2. The molecule has 3 aromatic rings. The second-order valence-corrected chi connectivity index (χ2v) is 8.98. The van der Waals surface area contributed by atoms with Crippen LogP contribution in [0, 0.1) is 0 Å². The fraction of sp³-hybridized carbons (Fsp3) is 0.320. The number of nitrogens with two attached hydrogens (primary N) is 1. The number of hydrogen-bond acceptors (Lipinski definition) is 8. The quantitative estimate of drug-likeness (QED) is 0.0995. The summed E-state index contributed by atoms with van der Waals surface area (Å²) in [5.74, 6) is -5.50. The molecular formula is C25H28N6Na3O9. The Labute approximate surface area is 311 Å². The van der Waals surface area contributed by atoms with Crippen LogP contribution in [0.5, 0.6) is 0 Å². The number of rotatable bonds is 14. The zero-order valence-corrected chi connectivity index (χ0v) is 30.1. The van der Waals surface area contributed by atoms with Gasteiger partial charge in [-0.2, -0.15) is 4.98 Å². The van der Waals surface area contributed by atoms with Crippen LogP contribution in [0.4, 0.5) is 5.95 Å². The third-order valence-corrected chi connectivity index (χ3v) is 6.08. The summed E-state index contributed by atoms with van der Waals surface area (Å²) in [6.45, 7) is 0. The second kappa shape index (κ2) is 19.2.